The molecule has 0 radical (unpaired) electrons. The van der Waals surface area contributed by atoms with Crippen molar-refractivity contribution < 1.29 is 13.2 Å². The Bertz CT molecular complexity index is 445. The highest BCUT2D eigenvalue weighted by molar-refractivity contribution is 6.00. The van der Waals surface area contributed by atoms with Gasteiger partial charge in [-0.3, -0.25) is 4.99 Å². The summed E-state index contributed by atoms with van der Waals surface area (Å²) in [6.07, 6.45) is -4.44. The number of nitrogens with one attached hydrogen (secondary N) is 1. The molecule has 1 aromatic carbocycles. The second kappa shape index (κ2) is 4.97. The third-order valence-electron chi connectivity index (χ3n) is 2.07. The first kappa shape index (κ1) is 14.5. The van der Waals surface area contributed by atoms with E-state index >= 15 is 0 Å². The summed E-state index contributed by atoms with van der Waals surface area (Å²) in [4.78, 5) is 4.15. The zero-order valence-electron chi connectivity index (χ0n) is 10.5. The van der Waals surface area contributed by atoms with E-state index in [0.717, 1.165) is 6.07 Å². The number of nitrogens with zero attached hydrogens (tertiary/aromatic N) is 1. The fourth-order valence-corrected chi connectivity index (χ4v) is 1.44. The average Bonchev–Trinajstić information content (AvgIpc) is 2.23. The van der Waals surface area contributed by atoms with Crippen LogP contribution in [0.15, 0.2) is 29.3 Å². The molecule has 0 spiro atoms. The van der Waals surface area contributed by atoms with Crippen LogP contribution in [0.5, 0.6) is 0 Å². The Labute approximate surface area is 104 Å². The molecule has 0 amide bonds. The number of benzene rings is 1. The Kier molecular flexibility index (Phi) is 4.01. The summed E-state index contributed by atoms with van der Waals surface area (Å²) in [5, 5.41) is 0. The summed E-state index contributed by atoms with van der Waals surface area (Å²) < 4.78 is 38.6. The van der Waals surface area contributed by atoms with Gasteiger partial charge in [0.05, 0.1) is 11.1 Å². The maximum absolute atomic E-state index is 12.9. The maximum Gasteiger partial charge on any atom is 0.417 e. The SMILES string of the molecule is CC(C)(C)N=C(NN)c1ccccc1C(F)(F)F. The van der Waals surface area contributed by atoms with E-state index in [1.54, 1.807) is 20.8 Å². The molecule has 3 nitrogen and oxygen atoms in total. The van der Waals surface area contributed by atoms with Crippen LogP contribution < -0.4 is 11.3 Å². The van der Waals surface area contributed by atoms with Crippen molar-refractivity contribution in [3.05, 3.63) is 35.4 Å². The van der Waals surface area contributed by atoms with Gasteiger partial charge < -0.3 is 5.43 Å². The number of alkyl halides is 3. The van der Waals surface area contributed by atoms with Gasteiger partial charge in [-0.2, -0.15) is 13.2 Å². The lowest BCUT2D eigenvalue weighted by atomic mass is 10.0. The number of halogens is 3. The molecule has 3 N–H and O–H groups in total. The topological polar surface area (TPSA) is 50.4 Å². The third kappa shape index (κ3) is 3.73. The summed E-state index contributed by atoms with van der Waals surface area (Å²) in [6.45, 7) is 5.33. The second-order valence-corrected chi connectivity index (χ2v) is 4.82. The first-order chi connectivity index (χ1) is 8.15. The summed E-state index contributed by atoms with van der Waals surface area (Å²) in [5.74, 6) is 5.30. The molecule has 0 unspecified atom stereocenters. The van der Waals surface area contributed by atoms with Crippen LogP contribution in [0.4, 0.5) is 13.2 Å². The molecule has 0 aliphatic carbocycles. The van der Waals surface area contributed by atoms with Gasteiger partial charge >= 0.3 is 6.18 Å². The zero-order valence-corrected chi connectivity index (χ0v) is 10.5. The predicted octanol–water partition coefficient (Wildman–Crippen LogP) is 2.71. The smallest absolute Gasteiger partial charge is 0.308 e. The molecule has 1 rings (SSSR count). The van der Waals surface area contributed by atoms with E-state index in [2.05, 4.69) is 10.4 Å². The van der Waals surface area contributed by atoms with Crippen molar-refractivity contribution in [2.75, 3.05) is 0 Å². The second-order valence-electron chi connectivity index (χ2n) is 4.82. The zero-order chi connectivity index (χ0) is 14.0. The van der Waals surface area contributed by atoms with Crippen LogP contribution in [0.1, 0.15) is 31.9 Å². The van der Waals surface area contributed by atoms with Crippen LogP contribution in [0.2, 0.25) is 0 Å². The Morgan fingerprint density at radius 2 is 1.72 bits per heavy atom. The van der Waals surface area contributed by atoms with Gasteiger partial charge in [-0.1, -0.05) is 18.2 Å². The number of nitrogens with two attached hydrogens (primary N) is 1. The van der Waals surface area contributed by atoms with Gasteiger partial charge in [0.2, 0.25) is 0 Å². The number of hydrogen-bond donors (Lipinski definition) is 2. The highest BCUT2D eigenvalue weighted by Gasteiger charge is 2.34. The van der Waals surface area contributed by atoms with Crippen molar-refractivity contribution in [3.8, 4) is 0 Å². The number of hydrazine groups is 1. The molecule has 0 atom stereocenters. The first-order valence-electron chi connectivity index (χ1n) is 5.38. The molecule has 1 aromatic rings. The van der Waals surface area contributed by atoms with E-state index in [0.29, 0.717) is 0 Å². The van der Waals surface area contributed by atoms with E-state index < -0.39 is 17.3 Å². The highest BCUT2D eigenvalue weighted by atomic mass is 19.4. The maximum atomic E-state index is 12.9. The van der Waals surface area contributed by atoms with Gasteiger partial charge in [0.1, 0.15) is 5.84 Å². The highest BCUT2D eigenvalue weighted by Crippen LogP contribution is 2.32. The van der Waals surface area contributed by atoms with Crippen molar-refractivity contribution in [1.82, 2.24) is 5.43 Å². The summed E-state index contributed by atoms with van der Waals surface area (Å²) in [5.41, 5.74) is 0.898. The van der Waals surface area contributed by atoms with Gasteiger partial charge in [-0.25, -0.2) is 5.84 Å². The van der Waals surface area contributed by atoms with Crippen LogP contribution in [0.25, 0.3) is 0 Å². The normalized spacial score (nSPS) is 13.6. The lowest BCUT2D eigenvalue weighted by Gasteiger charge is -2.18. The van der Waals surface area contributed by atoms with E-state index in [-0.39, 0.29) is 11.4 Å². The average molecular weight is 259 g/mol. The lowest BCUT2D eigenvalue weighted by molar-refractivity contribution is -0.137. The minimum absolute atomic E-state index is 0.0235. The van der Waals surface area contributed by atoms with Crippen molar-refractivity contribution in [2.24, 2.45) is 10.8 Å². The summed E-state index contributed by atoms with van der Waals surface area (Å²) in [6, 6.07) is 5.19. The van der Waals surface area contributed by atoms with Gasteiger partial charge in [0, 0.05) is 5.56 Å². The van der Waals surface area contributed by atoms with E-state index in [1.165, 1.54) is 18.2 Å². The van der Waals surface area contributed by atoms with Crippen molar-refractivity contribution in [1.29, 1.82) is 0 Å². The molecule has 0 saturated carbocycles. The van der Waals surface area contributed by atoms with Crippen molar-refractivity contribution in [3.63, 3.8) is 0 Å². The molecule has 0 aliphatic rings. The van der Waals surface area contributed by atoms with E-state index in [4.69, 9.17) is 5.84 Å². The molecule has 0 bridgehead atoms. The molecule has 0 aliphatic heterocycles. The van der Waals surface area contributed by atoms with Gasteiger partial charge in [0.25, 0.3) is 0 Å². The fraction of sp³-hybridized carbons (Fsp3) is 0.417. The summed E-state index contributed by atoms with van der Waals surface area (Å²) in [7, 11) is 0. The Morgan fingerprint density at radius 1 is 1.17 bits per heavy atom. The van der Waals surface area contributed by atoms with E-state index in [9.17, 15) is 13.2 Å². The molecule has 100 valence electrons. The summed E-state index contributed by atoms with van der Waals surface area (Å²) >= 11 is 0. The van der Waals surface area contributed by atoms with Crippen LogP contribution in [-0.2, 0) is 6.18 Å². The van der Waals surface area contributed by atoms with Gasteiger partial charge in [-0.15, -0.1) is 0 Å². The number of amidine groups is 1. The Balaban J connectivity index is 3.36. The van der Waals surface area contributed by atoms with Gasteiger partial charge in [-0.05, 0) is 26.8 Å². The van der Waals surface area contributed by atoms with Crippen LogP contribution in [-0.4, -0.2) is 11.4 Å². The molecule has 0 aromatic heterocycles. The Hall–Kier alpha value is -1.56. The largest absolute Gasteiger partial charge is 0.417 e. The molecular formula is C12H16F3N3. The number of aliphatic imine (C=N–C) groups is 1. The number of rotatable bonds is 1. The first-order valence-corrected chi connectivity index (χ1v) is 5.38. The predicted molar refractivity (Wildman–Crippen MR) is 65.1 cm³/mol. The van der Waals surface area contributed by atoms with Crippen LogP contribution in [0, 0.1) is 0 Å². The fourth-order valence-electron chi connectivity index (χ4n) is 1.44. The molecule has 0 heterocycles. The van der Waals surface area contributed by atoms with Gasteiger partial charge in [0.15, 0.2) is 0 Å². The third-order valence-corrected chi connectivity index (χ3v) is 2.07. The van der Waals surface area contributed by atoms with Crippen molar-refractivity contribution in [2.45, 2.75) is 32.5 Å². The lowest BCUT2D eigenvalue weighted by Crippen LogP contribution is -2.35. The van der Waals surface area contributed by atoms with Crippen molar-refractivity contribution >= 4 is 5.84 Å². The molecular weight excluding hydrogens is 243 g/mol. The quantitative estimate of drug-likeness (QED) is 0.352. The molecule has 0 fully saturated rings. The van der Waals surface area contributed by atoms with E-state index in [1.807, 2.05) is 0 Å². The molecule has 0 saturated heterocycles. The van der Waals surface area contributed by atoms with Crippen LogP contribution in [0.3, 0.4) is 0 Å². The minimum Gasteiger partial charge on any atom is -0.308 e. The minimum atomic E-state index is -4.44. The molecule has 6 heteroatoms. The monoisotopic (exact) mass is 259 g/mol. The standard InChI is InChI=1S/C12H16F3N3/c1-11(2,3)17-10(18-16)8-6-4-5-7-9(8)12(13,14)15/h4-7H,16H2,1-3H3,(H,17,18). The van der Waals surface area contributed by atoms with Crippen LogP contribution >= 0.6 is 0 Å². The Morgan fingerprint density at radius 3 is 2.17 bits per heavy atom. The number of hydrogen-bond acceptors (Lipinski definition) is 2. The molecule has 18 heavy (non-hydrogen) atoms.